The van der Waals surface area contributed by atoms with Crippen molar-refractivity contribution in [2.45, 2.75) is 26.2 Å². The average molecular weight is 374 g/mol. The first-order valence-electron chi connectivity index (χ1n) is 10.0. The molecule has 0 atom stereocenters. The lowest BCUT2D eigenvalue weighted by Crippen LogP contribution is -2.31. The maximum absolute atomic E-state index is 5.75. The maximum atomic E-state index is 5.75. The Kier molecular flexibility index (Phi) is 5.71. The number of hydrogen-bond donors (Lipinski definition) is 1. The Balaban J connectivity index is 1.71. The van der Waals surface area contributed by atoms with E-state index in [-0.39, 0.29) is 0 Å². The van der Waals surface area contributed by atoms with E-state index in [4.69, 9.17) is 14.7 Å². The van der Waals surface area contributed by atoms with Crippen LogP contribution in [0.2, 0.25) is 0 Å². The highest BCUT2D eigenvalue weighted by molar-refractivity contribution is 5.70. The summed E-state index contributed by atoms with van der Waals surface area (Å²) in [4.78, 5) is 12.0. The second-order valence-corrected chi connectivity index (χ2v) is 6.91. The normalized spacial score (nSPS) is 14.0. The van der Waals surface area contributed by atoms with Crippen LogP contribution in [0.3, 0.4) is 0 Å². The minimum atomic E-state index is 0.622. The van der Waals surface area contributed by atoms with Crippen LogP contribution in [-0.2, 0) is 0 Å². The Hall–Kier alpha value is -3.08. The Bertz CT molecular complexity index is 907. The van der Waals surface area contributed by atoms with Gasteiger partial charge >= 0.3 is 0 Å². The molecule has 2 aromatic carbocycles. The van der Waals surface area contributed by atoms with E-state index in [1.54, 1.807) is 0 Å². The van der Waals surface area contributed by atoms with Gasteiger partial charge in [-0.05, 0) is 38.3 Å². The largest absolute Gasteiger partial charge is 0.492 e. The third kappa shape index (κ3) is 4.25. The lowest BCUT2D eigenvalue weighted by molar-refractivity contribution is 0.342. The molecule has 4 rings (SSSR count). The fraction of sp³-hybridized carbons (Fsp3) is 0.304. The lowest BCUT2D eigenvalue weighted by Gasteiger charge is -2.27. The molecule has 0 amide bonds. The summed E-state index contributed by atoms with van der Waals surface area (Å²) in [6, 6.07) is 20.2. The molecule has 5 heteroatoms. The van der Waals surface area contributed by atoms with Gasteiger partial charge in [0, 0.05) is 24.7 Å². The number of nitrogens with zero attached hydrogens (tertiary/aromatic N) is 3. The van der Waals surface area contributed by atoms with Gasteiger partial charge in [0.1, 0.15) is 11.6 Å². The highest BCUT2D eigenvalue weighted by atomic mass is 16.5. The van der Waals surface area contributed by atoms with E-state index in [1.165, 1.54) is 19.3 Å². The molecule has 1 fully saturated rings. The van der Waals surface area contributed by atoms with Gasteiger partial charge in [0.15, 0.2) is 0 Å². The molecule has 0 saturated carbocycles. The number of para-hydroxylation sites is 2. The zero-order valence-corrected chi connectivity index (χ0v) is 16.3. The van der Waals surface area contributed by atoms with Crippen LogP contribution >= 0.6 is 0 Å². The van der Waals surface area contributed by atoms with Crippen LogP contribution in [-0.4, -0.2) is 29.7 Å². The smallest absolute Gasteiger partial charge is 0.227 e. The zero-order valence-electron chi connectivity index (χ0n) is 16.3. The Morgan fingerprint density at radius 2 is 1.68 bits per heavy atom. The van der Waals surface area contributed by atoms with Crippen LogP contribution in [0.25, 0.3) is 11.3 Å². The van der Waals surface area contributed by atoms with E-state index >= 15 is 0 Å². The van der Waals surface area contributed by atoms with Gasteiger partial charge in [0.25, 0.3) is 0 Å². The van der Waals surface area contributed by atoms with Gasteiger partial charge in [-0.3, -0.25) is 0 Å². The number of anilines is 3. The van der Waals surface area contributed by atoms with Gasteiger partial charge in [-0.15, -0.1) is 0 Å². The van der Waals surface area contributed by atoms with Gasteiger partial charge in [0.2, 0.25) is 5.95 Å². The number of aromatic nitrogens is 2. The van der Waals surface area contributed by atoms with Crippen molar-refractivity contribution in [1.82, 2.24) is 9.97 Å². The summed E-state index contributed by atoms with van der Waals surface area (Å²) >= 11 is 0. The average Bonchev–Trinajstić information content (AvgIpc) is 2.76. The summed E-state index contributed by atoms with van der Waals surface area (Å²) in [6.45, 7) is 4.63. The van der Waals surface area contributed by atoms with Crippen LogP contribution in [0.4, 0.5) is 17.5 Å². The molecule has 1 saturated heterocycles. The second kappa shape index (κ2) is 8.74. The van der Waals surface area contributed by atoms with Gasteiger partial charge in [0.05, 0.1) is 18.0 Å². The standard InChI is InChI=1S/C23H26N4O/c1-2-28-21-14-8-7-13-19(21)24-22-17-20(18-11-5-3-6-12-18)25-23(26-22)27-15-9-4-10-16-27/h3,5-8,11-14,17H,2,4,9-10,15-16H2,1H3,(H,24,25,26). The molecular formula is C23H26N4O. The molecule has 5 nitrogen and oxygen atoms in total. The number of hydrogen-bond acceptors (Lipinski definition) is 5. The summed E-state index contributed by atoms with van der Waals surface area (Å²) in [6.07, 6.45) is 3.66. The maximum Gasteiger partial charge on any atom is 0.227 e. The molecule has 0 spiro atoms. The molecule has 1 aromatic heterocycles. The Morgan fingerprint density at radius 3 is 2.46 bits per heavy atom. The van der Waals surface area contributed by atoms with Crippen molar-refractivity contribution in [1.29, 1.82) is 0 Å². The van der Waals surface area contributed by atoms with E-state index in [1.807, 2.05) is 55.5 Å². The molecule has 0 radical (unpaired) electrons. The third-order valence-electron chi connectivity index (χ3n) is 4.87. The van der Waals surface area contributed by atoms with Crippen molar-refractivity contribution >= 4 is 17.5 Å². The minimum Gasteiger partial charge on any atom is -0.492 e. The Labute approximate surface area is 166 Å². The van der Waals surface area contributed by atoms with Crippen LogP contribution in [0.5, 0.6) is 5.75 Å². The van der Waals surface area contributed by atoms with E-state index < -0.39 is 0 Å². The minimum absolute atomic E-state index is 0.622. The molecule has 0 aliphatic carbocycles. The number of piperidine rings is 1. The van der Waals surface area contributed by atoms with Crippen LogP contribution in [0, 0.1) is 0 Å². The molecule has 1 aliphatic heterocycles. The molecule has 1 aliphatic rings. The summed E-state index contributed by atoms with van der Waals surface area (Å²) in [5.41, 5.74) is 2.92. The highest BCUT2D eigenvalue weighted by Gasteiger charge is 2.16. The number of rotatable bonds is 6. The SMILES string of the molecule is CCOc1ccccc1Nc1cc(-c2ccccc2)nc(N2CCCCC2)n1. The van der Waals surface area contributed by atoms with Crippen molar-refractivity contribution in [3.63, 3.8) is 0 Å². The van der Waals surface area contributed by atoms with E-state index in [9.17, 15) is 0 Å². The lowest BCUT2D eigenvalue weighted by atomic mass is 10.1. The molecule has 0 bridgehead atoms. The fourth-order valence-corrected chi connectivity index (χ4v) is 3.48. The van der Waals surface area contributed by atoms with Gasteiger partial charge in [-0.1, -0.05) is 42.5 Å². The molecule has 0 unspecified atom stereocenters. The monoisotopic (exact) mass is 374 g/mol. The number of ether oxygens (including phenoxy) is 1. The molecule has 3 aromatic rings. The van der Waals surface area contributed by atoms with Gasteiger partial charge in [-0.2, -0.15) is 4.98 Å². The zero-order chi connectivity index (χ0) is 19.2. The van der Waals surface area contributed by atoms with E-state index in [0.29, 0.717) is 6.61 Å². The molecule has 144 valence electrons. The summed E-state index contributed by atoms with van der Waals surface area (Å²) < 4.78 is 5.75. The quantitative estimate of drug-likeness (QED) is 0.636. The van der Waals surface area contributed by atoms with Gasteiger partial charge in [-0.25, -0.2) is 4.98 Å². The highest BCUT2D eigenvalue weighted by Crippen LogP contribution is 2.30. The van der Waals surface area contributed by atoms with E-state index in [0.717, 1.165) is 47.5 Å². The predicted octanol–water partition coefficient (Wildman–Crippen LogP) is 5.28. The first kappa shape index (κ1) is 18.3. The molecule has 1 N–H and O–H groups in total. The predicted molar refractivity (Wildman–Crippen MR) is 114 cm³/mol. The van der Waals surface area contributed by atoms with Crippen LogP contribution in [0.15, 0.2) is 60.7 Å². The van der Waals surface area contributed by atoms with Crippen molar-refractivity contribution in [3.05, 3.63) is 60.7 Å². The fourth-order valence-electron chi connectivity index (χ4n) is 3.48. The number of nitrogens with one attached hydrogen (secondary N) is 1. The van der Waals surface area contributed by atoms with Crippen molar-refractivity contribution < 1.29 is 4.74 Å². The van der Waals surface area contributed by atoms with Crippen molar-refractivity contribution in [2.24, 2.45) is 0 Å². The molecule has 28 heavy (non-hydrogen) atoms. The molecule has 2 heterocycles. The second-order valence-electron chi connectivity index (χ2n) is 6.91. The van der Waals surface area contributed by atoms with E-state index in [2.05, 4.69) is 22.3 Å². The topological polar surface area (TPSA) is 50.3 Å². The van der Waals surface area contributed by atoms with Gasteiger partial charge < -0.3 is 15.0 Å². The van der Waals surface area contributed by atoms with Crippen molar-refractivity contribution in [3.8, 4) is 17.0 Å². The number of benzene rings is 2. The summed E-state index contributed by atoms with van der Waals surface area (Å²) in [5.74, 6) is 2.39. The third-order valence-corrected chi connectivity index (χ3v) is 4.87. The first-order valence-corrected chi connectivity index (χ1v) is 10.0. The van der Waals surface area contributed by atoms with Crippen molar-refractivity contribution in [2.75, 3.05) is 29.9 Å². The summed E-state index contributed by atoms with van der Waals surface area (Å²) in [5, 5.41) is 3.44. The molecular weight excluding hydrogens is 348 g/mol. The Morgan fingerprint density at radius 1 is 0.929 bits per heavy atom. The summed E-state index contributed by atoms with van der Waals surface area (Å²) in [7, 11) is 0. The van der Waals surface area contributed by atoms with Crippen LogP contribution < -0.4 is 15.0 Å². The first-order chi connectivity index (χ1) is 13.8. The van der Waals surface area contributed by atoms with Crippen LogP contribution in [0.1, 0.15) is 26.2 Å².